The highest BCUT2D eigenvalue weighted by molar-refractivity contribution is 6.16. The number of carbonyl (C=O) groups excluding carboxylic acids is 3. The van der Waals surface area contributed by atoms with Gasteiger partial charge in [-0.25, -0.2) is 4.79 Å². The van der Waals surface area contributed by atoms with Gasteiger partial charge in [0.1, 0.15) is 17.4 Å². The van der Waals surface area contributed by atoms with Crippen LogP contribution in [0.3, 0.4) is 0 Å². The highest BCUT2D eigenvalue weighted by atomic mass is 16.5. The average molecular weight is 672 g/mol. The Labute approximate surface area is 295 Å². The highest BCUT2D eigenvalue weighted by Crippen LogP contribution is 2.29. The first-order chi connectivity index (χ1) is 24.4. The number of anilines is 1. The second-order valence-electron chi connectivity index (χ2n) is 11.9. The lowest BCUT2D eigenvalue weighted by molar-refractivity contribution is -0.138. The molecule has 4 aromatic rings. The van der Waals surface area contributed by atoms with E-state index in [0.717, 1.165) is 62.0 Å². The number of phenols is 1. The molecule has 0 fully saturated rings. The van der Waals surface area contributed by atoms with Crippen LogP contribution in [0.4, 0.5) is 5.69 Å². The van der Waals surface area contributed by atoms with Crippen molar-refractivity contribution in [1.29, 1.82) is 5.26 Å². The van der Waals surface area contributed by atoms with Crippen LogP contribution >= 0.6 is 0 Å². The number of amides is 1. The van der Waals surface area contributed by atoms with E-state index in [1.54, 1.807) is 36.4 Å². The van der Waals surface area contributed by atoms with Crippen molar-refractivity contribution in [3.8, 4) is 11.8 Å². The molecule has 0 spiro atoms. The number of nitrogens with one attached hydrogen (secondary N) is 1. The van der Waals surface area contributed by atoms with E-state index in [0.29, 0.717) is 18.5 Å². The van der Waals surface area contributed by atoms with Crippen molar-refractivity contribution in [3.05, 3.63) is 137 Å². The van der Waals surface area contributed by atoms with E-state index in [9.17, 15) is 24.8 Å². The lowest BCUT2D eigenvalue weighted by atomic mass is 9.93. The quantitative estimate of drug-likeness (QED) is 0.0361. The molecule has 0 aromatic heterocycles. The molecule has 0 aliphatic rings. The number of nitrogens with zero attached hydrogens (tertiary/aromatic N) is 2. The summed E-state index contributed by atoms with van der Waals surface area (Å²) in [5.41, 5.74) is 3.59. The molecule has 0 saturated heterocycles. The maximum atomic E-state index is 13.4. The third kappa shape index (κ3) is 9.93. The van der Waals surface area contributed by atoms with E-state index in [2.05, 4.69) is 16.3 Å². The van der Waals surface area contributed by atoms with Crippen molar-refractivity contribution < 1.29 is 24.2 Å². The molecule has 8 nitrogen and oxygen atoms in total. The van der Waals surface area contributed by atoms with Gasteiger partial charge in [0.2, 0.25) is 0 Å². The number of hydrogen-bond acceptors (Lipinski definition) is 7. The molecule has 1 amide bonds. The largest absolute Gasteiger partial charge is 0.507 e. The van der Waals surface area contributed by atoms with Crippen LogP contribution in [0.25, 0.3) is 5.57 Å². The summed E-state index contributed by atoms with van der Waals surface area (Å²) in [5, 5.41) is 23.5. The summed E-state index contributed by atoms with van der Waals surface area (Å²) in [7, 11) is 0. The molecule has 0 heterocycles. The van der Waals surface area contributed by atoms with Crippen molar-refractivity contribution in [1.82, 2.24) is 5.32 Å². The monoisotopic (exact) mass is 671 g/mol. The SMILES string of the molecule is CCN(CC)c1ccc(C(=O)c2ccccc2C(=O)NCCCCCCCCOC(=O)C(C#N)=C(c2ccccc2)c2ccccc2)c(O)c1. The van der Waals surface area contributed by atoms with Crippen molar-refractivity contribution in [2.45, 2.75) is 52.4 Å². The Kier molecular flexibility index (Phi) is 14.4. The summed E-state index contributed by atoms with van der Waals surface area (Å²) in [6.45, 7) is 6.30. The molecule has 4 aromatic carbocycles. The molecule has 2 N–H and O–H groups in total. The Bertz CT molecular complexity index is 1770. The molecule has 0 radical (unpaired) electrons. The number of benzene rings is 4. The first-order valence-corrected chi connectivity index (χ1v) is 17.3. The number of carbonyl (C=O) groups is 3. The maximum Gasteiger partial charge on any atom is 0.349 e. The minimum Gasteiger partial charge on any atom is -0.507 e. The molecule has 258 valence electrons. The predicted octanol–water partition coefficient (Wildman–Crippen LogP) is 8.11. The minimum atomic E-state index is -0.626. The Morgan fingerprint density at radius 2 is 1.28 bits per heavy atom. The Morgan fingerprint density at radius 1 is 0.720 bits per heavy atom. The van der Waals surface area contributed by atoms with Gasteiger partial charge in [-0.1, -0.05) is 105 Å². The van der Waals surface area contributed by atoms with Crippen LogP contribution in [0.5, 0.6) is 5.75 Å². The number of esters is 1. The molecule has 0 aliphatic heterocycles. The van der Waals surface area contributed by atoms with Gasteiger partial charge in [0.25, 0.3) is 5.91 Å². The summed E-state index contributed by atoms with van der Waals surface area (Å²) < 4.78 is 5.51. The third-order valence-electron chi connectivity index (χ3n) is 8.55. The van der Waals surface area contributed by atoms with E-state index >= 15 is 0 Å². The second-order valence-corrected chi connectivity index (χ2v) is 11.9. The highest BCUT2D eigenvalue weighted by Gasteiger charge is 2.22. The van der Waals surface area contributed by atoms with E-state index < -0.39 is 11.8 Å². The van der Waals surface area contributed by atoms with Crippen LogP contribution in [0.1, 0.15) is 89.8 Å². The fourth-order valence-electron chi connectivity index (χ4n) is 5.86. The van der Waals surface area contributed by atoms with Gasteiger partial charge in [0.05, 0.1) is 17.7 Å². The van der Waals surface area contributed by atoms with Gasteiger partial charge in [-0.05, 0) is 56.0 Å². The molecule has 0 unspecified atom stereocenters. The summed E-state index contributed by atoms with van der Waals surface area (Å²) in [4.78, 5) is 41.5. The molecular weight excluding hydrogens is 626 g/mol. The second kappa shape index (κ2) is 19.4. The zero-order chi connectivity index (χ0) is 35.7. The summed E-state index contributed by atoms with van der Waals surface area (Å²) in [6, 6.07) is 32.5. The maximum absolute atomic E-state index is 13.4. The minimum absolute atomic E-state index is 0.0147. The number of phenolic OH excluding ortho intramolecular Hbond substituents is 1. The third-order valence-corrected chi connectivity index (χ3v) is 8.55. The smallest absolute Gasteiger partial charge is 0.349 e. The van der Waals surface area contributed by atoms with E-state index in [-0.39, 0.29) is 40.5 Å². The van der Waals surface area contributed by atoms with Gasteiger partial charge in [-0.15, -0.1) is 0 Å². The van der Waals surface area contributed by atoms with Gasteiger partial charge < -0.3 is 20.1 Å². The summed E-state index contributed by atoms with van der Waals surface area (Å²) >= 11 is 0. The topological polar surface area (TPSA) is 120 Å². The molecule has 50 heavy (non-hydrogen) atoms. The lowest BCUT2D eigenvalue weighted by Crippen LogP contribution is -2.26. The molecule has 4 rings (SSSR count). The van der Waals surface area contributed by atoms with E-state index in [1.165, 1.54) is 0 Å². The first kappa shape index (κ1) is 37.1. The lowest BCUT2D eigenvalue weighted by Gasteiger charge is -2.21. The van der Waals surface area contributed by atoms with E-state index in [1.807, 2.05) is 80.6 Å². The first-order valence-electron chi connectivity index (χ1n) is 17.3. The Morgan fingerprint density at radius 3 is 1.86 bits per heavy atom. The fraction of sp³-hybridized carbons (Fsp3) is 0.286. The predicted molar refractivity (Wildman–Crippen MR) is 197 cm³/mol. The van der Waals surface area contributed by atoms with Crippen molar-refractivity contribution in [2.24, 2.45) is 0 Å². The van der Waals surface area contributed by atoms with Crippen LogP contribution in [0.15, 0.2) is 109 Å². The van der Waals surface area contributed by atoms with Crippen LogP contribution in [-0.2, 0) is 9.53 Å². The van der Waals surface area contributed by atoms with Gasteiger partial charge >= 0.3 is 5.97 Å². The molecule has 8 heteroatoms. The van der Waals surface area contributed by atoms with Crippen molar-refractivity contribution in [2.75, 3.05) is 31.1 Å². The Balaban J connectivity index is 1.19. The zero-order valence-corrected chi connectivity index (χ0v) is 28.9. The standard InChI is InChI=1S/C42H45N3O5/c1-3-45(4-2)33-25-26-36(38(46)29-33)40(47)34-23-15-16-24-35(34)41(48)44-27-17-7-5-6-8-18-28-50-42(49)37(30-43)39(31-19-11-9-12-20-31)32-21-13-10-14-22-32/h9-16,19-26,29,46H,3-8,17-18,27-28H2,1-2H3,(H,44,48). The molecule has 0 atom stereocenters. The average Bonchev–Trinajstić information content (AvgIpc) is 3.15. The number of hydrogen-bond donors (Lipinski definition) is 2. The molecule has 0 bridgehead atoms. The molecular formula is C42H45N3O5. The molecule has 0 aliphatic carbocycles. The number of rotatable bonds is 18. The molecule has 0 saturated carbocycles. The van der Waals surface area contributed by atoms with Gasteiger partial charge in [-0.3, -0.25) is 9.59 Å². The number of ether oxygens (including phenoxy) is 1. The van der Waals surface area contributed by atoms with Crippen molar-refractivity contribution >= 4 is 28.9 Å². The summed E-state index contributed by atoms with van der Waals surface area (Å²) in [6.07, 6.45) is 5.14. The van der Waals surface area contributed by atoms with Gasteiger partial charge in [-0.2, -0.15) is 5.26 Å². The van der Waals surface area contributed by atoms with Crippen LogP contribution < -0.4 is 10.2 Å². The van der Waals surface area contributed by atoms with E-state index in [4.69, 9.17) is 4.74 Å². The number of unbranched alkanes of at least 4 members (excludes halogenated alkanes) is 5. The van der Waals surface area contributed by atoms with Crippen molar-refractivity contribution in [3.63, 3.8) is 0 Å². The number of aromatic hydroxyl groups is 1. The number of ketones is 1. The summed E-state index contributed by atoms with van der Waals surface area (Å²) in [5.74, 6) is -1.47. The van der Waals surface area contributed by atoms with Crippen LogP contribution in [0.2, 0.25) is 0 Å². The number of nitriles is 1. The van der Waals surface area contributed by atoms with Crippen LogP contribution in [-0.4, -0.2) is 49.0 Å². The Hall–Kier alpha value is -5.68. The van der Waals surface area contributed by atoms with Gasteiger partial charge in [0, 0.05) is 42.5 Å². The fourth-order valence-corrected chi connectivity index (χ4v) is 5.86. The van der Waals surface area contributed by atoms with Gasteiger partial charge in [0.15, 0.2) is 5.78 Å². The van der Waals surface area contributed by atoms with Crippen LogP contribution in [0, 0.1) is 11.3 Å². The zero-order valence-electron chi connectivity index (χ0n) is 28.9. The normalized spacial score (nSPS) is 10.5.